The number of benzene rings is 2. The van der Waals surface area contributed by atoms with E-state index < -0.39 is 10.0 Å². The van der Waals surface area contributed by atoms with Crippen LogP contribution in [0.25, 0.3) is 0 Å². The first-order valence-corrected chi connectivity index (χ1v) is 10.1. The minimum Gasteiger partial charge on any atom is -0.352 e. The molecular weight excluding hydrogens is 360 g/mol. The van der Waals surface area contributed by atoms with Crippen LogP contribution in [0.5, 0.6) is 0 Å². The molecule has 0 aliphatic rings. The van der Waals surface area contributed by atoms with Crippen molar-refractivity contribution in [2.75, 3.05) is 17.5 Å². The molecule has 1 amide bonds. The van der Waals surface area contributed by atoms with Gasteiger partial charge >= 0.3 is 0 Å². The van der Waals surface area contributed by atoms with Gasteiger partial charge in [-0.2, -0.15) is 0 Å². The fourth-order valence-corrected chi connectivity index (χ4v) is 3.26. The summed E-state index contributed by atoms with van der Waals surface area (Å²) in [5, 5.41) is 3.03. The number of aryl methyl sites for hydroxylation is 2. The summed E-state index contributed by atoms with van der Waals surface area (Å²) in [6.07, 6.45) is 2.75. The van der Waals surface area contributed by atoms with Crippen molar-refractivity contribution in [2.45, 2.75) is 19.8 Å². The van der Waals surface area contributed by atoms with Crippen LogP contribution in [-0.2, 0) is 16.4 Å². The Labute approximate surface area is 153 Å². The summed E-state index contributed by atoms with van der Waals surface area (Å²) in [5.41, 5.74) is 3.10. The number of hydrogen-bond donors (Lipinski definition) is 2. The molecule has 0 radical (unpaired) electrons. The summed E-state index contributed by atoms with van der Waals surface area (Å²) in [5.74, 6) is -0.278. The molecule has 7 heteroatoms. The maximum absolute atomic E-state index is 12.2. The average Bonchev–Trinajstić information content (AvgIpc) is 2.50. The second-order valence-corrected chi connectivity index (χ2v) is 8.07. The molecule has 0 bridgehead atoms. The lowest BCUT2D eigenvalue weighted by Crippen LogP contribution is -2.25. The Morgan fingerprint density at radius 2 is 1.92 bits per heavy atom. The molecule has 0 unspecified atom stereocenters. The van der Waals surface area contributed by atoms with Crippen LogP contribution in [0.4, 0.5) is 5.69 Å². The molecule has 25 heavy (non-hydrogen) atoms. The van der Waals surface area contributed by atoms with Gasteiger partial charge in [-0.3, -0.25) is 9.52 Å². The number of hydrogen-bond acceptors (Lipinski definition) is 3. The Balaban J connectivity index is 1.88. The van der Waals surface area contributed by atoms with Crippen LogP contribution in [0.15, 0.2) is 42.5 Å². The number of halogens is 1. The van der Waals surface area contributed by atoms with Crippen molar-refractivity contribution in [3.63, 3.8) is 0 Å². The van der Waals surface area contributed by atoms with Crippen LogP contribution >= 0.6 is 11.6 Å². The lowest BCUT2D eigenvalue weighted by molar-refractivity contribution is 0.0953. The van der Waals surface area contributed by atoms with Crippen molar-refractivity contribution in [1.29, 1.82) is 0 Å². The maximum Gasteiger partial charge on any atom is 0.252 e. The predicted molar refractivity (Wildman–Crippen MR) is 102 cm³/mol. The number of nitrogens with one attached hydrogen (secondary N) is 2. The molecule has 0 aliphatic heterocycles. The van der Waals surface area contributed by atoms with E-state index >= 15 is 0 Å². The lowest BCUT2D eigenvalue weighted by Gasteiger charge is -2.09. The van der Waals surface area contributed by atoms with Crippen molar-refractivity contribution >= 4 is 33.2 Å². The third kappa shape index (κ3) is 6.40. The van der Waals surface area contributed by atoms with Crippen molar-refractivity contribution in [2.24, 2.45) is 0 Å². The van der Waals surface area contributed by atoms with E-state index in [1.54, 1.807) is 0 Å². The van der Waals surface area contributed by atoms with Gasteiger partial charge in [-0.25, -0.2) is 8.42 Å². The lowest BCUT2D eigenvalue weighted by atomic mass is 10.1. The van der Waals surface area contributed by atoms with Crippen LogP contribution in [0.1, 0.15) is 27.9 Å². The fraction of sp³-hybridized carbons (Fsp3) is 0.278. The first-order valence-electron chi connectivity index (χ1n) is 7.86. The predicted octanol–water partition coefficient (Wildman–Crippen LogP) is 3.38. The van der Waals surface area contributed by atoms with Crippen molar-refractivity contribution < 1.29 is 13.2 Å². The number of anilines is 1. The topological polar surface area (TPSA) is 75.3 Å². The first kappa shape index (κ1) is 19.3. The first-order chi connectivity index (χ1) is 11.7. The monoisotopic (exact) mass is 380 g/mol. The van der Waals surface area contributed by atoms with Gasteiger partial charge in [0, 0.05) is 12.2 Å². The number of sulfonamides is 1. The molecule has 0 saturated heterocycles. The molecule has 0 aliphatic carbocycles. The second kappa shape index (κ2) is 8.36. The van der Waals surface area contributed by atoms with Crippen molar-refractivity contribution in [3.8, 4) is 0 Å². The SMILES string of the molecule is Cc1cccc(CCCNC(=O)c2ccc(NS(C)(=O)=O)cc2Cl)c1. The zero-order valence-corrected chi connectivity index (χ0v) is 15.7. The molecule has 0 saturated carbocycles. The van der Waals surface area contributed by atoms with Crippen LogP contribution in [-0.4, -0.2) is 27.1 Å². The smallest absolute Gasteiger partial charge is 0.252 e. The highest BCUT2D eigenvalue weighted by Gasteiger charge is 2.11. The molecule has 0 heterocycles. The van der Waals surface area contributed by atoms with Gasteiger partial charge in [-0.1, -0.05) is 41.4 Å². The molecule has 2 aromatic rings. The van der Waals surface area contributed by atoms with E-state index in [1.165, 1.54) is 29.3 Å². The third-order valence-corrected chi connectivity index (χ3v) is 4.45. The molecule has 0 spiro atoms. The van der Waals surface area contributed by atoms with Crippen LogP contribution in [0.2, 0.25) is 5.02 Å². The van der Waals surface area contributed by atoms with Gasteiger partial charge in [0.05, 0.1) is 16.8 Å². The van der Waals surface area contributed by atoms with E-state index in [2.05, 4.69) is 35.2 Å². The van der Waals surface area contributed by atoms with Gasteiger partial charge in [0.25, 0.3) is 5.91 Å². The zero-order chi connectivity index (χ0) is 18.4. The molecule has 134 valence electrons. The van der Waals surface area contributed by atoms with Gasteiger partial charge in [0.2, 0.25) is 10.0 Å². The largest absolute Gasteiger partial charge is 0.352 e. The van der Waals surface area contributed by atoms with E-state index in [1.807, 2.05) is 6.07 Å². The minimum atomic E-state index is -3.38. The second-order valence-electron chi connectivity index (χ2n) is 5.92. The van der Waals surface area contributed by atoms with Gasteiger partial charge in [-0.15, -0.1) is 0 Å². The van der Waals surface area contributed by atoms with Gasteiger partial charge in [-0.05, 0) is 43.5 Å². The quantitative estimate of drug-likeness (QED) is 0.723. The molecule has 2 N–H and O–H groups in total. The van der Waals surface area contributed by atoms with Crippen LogP contribution in [0.3, 0.4) is 0 Å². The Hall–Kier alpha value is -2.05. The van der Waals surface area contributed by atoms with Gasteiger partial charge in [0.1, 0.15) is 0 Å². The number of amides is 1. The molecule has 2 aromatic carbocycles. The van der Waals surface area contributed by atoms with E-state index in [4.69, 9.17) is 11.6 Å². The molecule has 5 nitrogen and oxygen atoms in total. The summed E-state index contributed by atoms with van der Waals surface area (Å²) in [6.45, 7) is 2.59. The highest BCUT2D eigenvalue weighted by molar-refractivity contribution is 7.92. The molecule has 0 aromatic heterocycles. The van der Waals surface area contributed by atoms with Crippen LogP contribution in [0, 0.1) is 6.92 Å². The van der Waals surface area contributed by atoms with Crippen molar-refractivity contribution in [3.05, 3.63) is 64.2 Å². The Morgan fingerprint density at radius 3 is 2.56 bits per heavy atom. The molecule has 2 rings (SSSR count). The zero-order valence-electron chi connectivity index (χ0n) is 14.2. The van der Waals surface area contributed by atoms with E-state index in [-0.39, 0.29) is 10.9 Å². The van der Waals surface area contributed by atoms with Gasteiger partial charge < -0.3 is 5.32 Å². The summed E-state index contributed by atoms with van der Waals surface area (Å²) >= 11 is 6.08. The van der Waals surface area contributed by atoms with E-state index in [0.29, 0.717) is 17.8 Å². The van der Waals surface area contributed by atoms with E-state index in [0.717, 1.165) is 19.1 Å². The summed E-state index contributed by atoms with van der Waals surface area (Å²) in [7, 11) is -3.38. The normalized spacial score (nSPS) is 11.2. The molecule has 0 fully saturated rings. The van der Waals surface area contributed by atoms with Crippen LogP contribution < -0.4 is 10.0 Å². The molecule has 0 atom stereocenters. The van der Waals surface area contributed by atoms with E-state index in [9.17, 15) is 13.2 Å². The Kier molecular flexibility index (Phi) is 6.45. The fourth-order valence-electron chi connectivity index (χ4n) is 2.43. The minimum absolute atomic E-state index is 0.199. The standard InChI is InChI=1S/C18H21ClN2O3S/c1-13-5-3-6-14(11-13)7-4-10-20-18(22)16-9-8-15(12-17(16)19)21-25(2,23)24/h3,5-6,8-9,11-12,21H,4,7,10H2,1-2H3,(H,20,22). The highest BCUT2D eigenvalue weighted by atomic mass is 35.5. The number of carbonyl (C=O) groups excluding carboxylic acids is 1. The summed E-state index contributed by atoms with van der Waals surface area (Å²) in [4.78, 5) is 12.2. The Morgan fingerprint density at radius 1 is 1.16 bits per heavy atom. The van der Waals surface area contributed by atoms with Crippen molar-refractivity contribution in [1.82, 2.24) is 5.32 Å². The summed E-state index contributed by atoms with van der Waals surface area (Å²) in [6, 6.07) is 12.7. The number of carbonyl (C=O) groups is 1. The number of rotatable bonds is 7. The Bertz CT molecular complexity index is 866. The third-order valence-electron chi connectivity index (χ3n) is 3.53. The molecular formula is C18H21ClN2O3S. The van der Waals surface area contributed by atoms with Gasteiger partial charge in [0.15, 0.2) is 0 Å². The summed E-state index contributed by atoms with van der Waals surface area (Å²) < 4.78 is 24.7. The maximum atomic E-state index is 12.2. The average molecular weight is 381 g/mol. The highest BCUT2D eigenvalue weighted by Crippen LogP contribution is 2.21.